The number of hydrogen-bond donors (Lipinski definition) is 1. The summed E-state index contributed by atoms with van der Waals surface area (Å²) in [6.07, 6.45) is -1.27. The van der Waals surface area contributed by atoms with Crippen molar-refractivity contribution in [2.75, 3.05) is 0 Å². The van der Waals surface area contributed by atoms with E-state index in [2.05, 4.69) is 0 Å². The number of aliphatic hydroxyl groups is 1. The highest BCUT2D eigenvalue weighted by atomic mass is 19.1. The standard InChI is InChI=1S/C15H13F3O/c1-9-3-2-4-12(15(9)18)14(19)7-10-5-6-11(16)8-13(10)17/h2-6,8,14,19H,7H2,1H3. The SMILES string of the molecule is Cc1cccc(C(O)Cc2ccc(F)cc2F)c1F. The Bertz CT molecular complexity index is 596. The molecule has 0 fully saturated rings. The average Bonchev–Trinajstić information content (AvgIpc) is 2.36. The number of rotatable bonds is 3. The van der Waals surface area contributed by atoms with Crippen molar-refractivity contribution >= 4 is 0 Å². The van der Waals surface area contributed by atoms with Gasteiger partial charge in [0, 0.05) is 18.1 Å². The molecule has 0 bridgehead atoms. The van der Waals surface area contributed by atoms with E-state index < -0.39 is 23.6 Å². The van der Waals surface area contributed by atoms with E-state index in [1.54, 1.807) is 19.1 Å². The molecule has 0 saturated heterocycles. The van der Waals surface area contributed by atoms with Crippen LogP contribution >= 0.6 is 0 Å². The summed E-state index contributed by atoms with van der Waals surface area (Å²) in [5.41, 5.74) is 0.676. The van der Waals surface area contributed by atoms with Crippen molar-refractivity contribution in [2.45, 2.75) is 19.4 Å². The van der Waals surface area contributed by atoms with E-state index >= 15 is 0 Å². The van der Waals surface area contributed by atoms with Crippen molar-refractivity contribution in [1.29, 1.82) is 0 Å². The van der Waals surface area contributed by atoms with Crippen molar-refractivity contribution in [3.63, 3.8) is 0 Å². The van der Waals surface area contributed by atoms with Crippen LogP contribution in [-0.2, 0) is 6.42 Å². The van der Waals surface area contributed by atoms with Gasteiger partial charge in [0.2, 0.25) is 0 Å². The molecule has 0 heterocycles. The van der Waals surface area contributed by atoms with Gasteiger partial charge in [-0.05, 0) is 24.1 Å². The number of hydrogen-bond acceptors (Lipinski definition) is 1. The Balaban J connectivity index is 2.25. The number of halogens is 3. The van der Waals surface area contributed by atoms with Gasteiger partial charge in [0.1, 0.15) is 17.5 Å². The first-order chi connectivity index (χ1) is 8.99. The van der Waals surface area contributed by atoms with Gasteiger partial charge in [-0.3, -0.25) is 0 Å². The van der Waals surface area contributed by atoms with E-state index in [9.17, 15) is 18.3 Å². The van der Waals surface area contributed by atoms with Crippen molar-refractivity contribution in [3.8, 4) is 0 Å². The Labute approximate surface area is 109 Å². The molecule has 1 unspecified atom stereocenters. The molecule has 0 aliphatic carbocycles. The molecule has 4 heteroatoms. The summed E-state index contributed by atoms with van der Waals surface area (Å²) < 4.78 is 40.0. The van der Waals surface area contributed by atoms with Crippen LogP contribution in [0, 0.1) is 24.4 Å². The van der Waals surface area contributed by atoms with Crippen LogP contribution in [0.15, 0.2) is 36.4 Å². The van der Waals surface area contributed by atoms with Crippen LogP contribution in [0.3, 0.4) is 0 Å². The molecule has 2 aromatic carbocycles. The first-order valence-corrected chi connectivity index (χ1v) is 5.86. The molecule has 0 radical (unpaired) electrons. The van der Waals surface area contributed by atoms with E-state index in [4.69, 9.17) is 0 Å². The smallest absolute Gasteiger partial charge is 0.131 e. The maximum absolute atomic E-state index is 13.8. The summed E-state index contributed by atoms with van der Waals surface area (Å²) >= 11 is 0. The third kappa shape index (κ3) is 2.96. The van der Waals surface area contributed by atoms with Gasteiger partial charge in [-0.25, -0.2) is 13.2 Å². The molecule has 0 aliphatic heterocycles. The second-order valence-corrected chi connectivity index (χ2v) is 4.43. The molecular formula is C15H13F3O. The van der Waals surface area contributed by atoms with Crippen LogP contribution < -0.4 is 0 Å². The van der Waals surface area contributed by atoms with E-state index in [1.165, 1.54) is 12.1 Å². The third-order valence-electron chi connectivity index (χ3n) is 3.01. The van der Waals surface area contributed by atoms with Crippen molar-refractivity contribution in [3.05, 3.63) is 70.5 Å². The molecule has 100 valence electrons. The Morgan fingerprint density at radius 2 is 1.84 bits per heavy atom. The monoisotopic (exact) mass is 266 g/mol. The largest absolute Gasteiger partial charge is 0.388 e. The lowest BCUT2D eigenvalue weighted by Gasteiger charge is -2.13. The molecule has 0 aliphatic rings. The molecule has 0 spiro atoms. The van der Waals surface area contributed by atoms with Gasteiger partial charge in [-0.15, -0.1) is 0 Å². The summed E-state index contributed by atoms with van der Waals surface area (Å²) in [4.78, 5) is 0. The molecule has 1 N–H and O–H groups in total. The molecule has 2 rings (SSSR count). The number of aliphatic hydroxyl groups excluding tert-OH is 1. The zero-order valence-corrected chi connectivity index (χ0v) is 10.3. The number of benzene rings is 2. The Hall–Kier alpha value is -1.81. The van der Waals surface area contributed by atoms with Gasteiger partial charge in [-0.1, -0.05) is 24.3 Å². The summed E-state index contributed by atoms with van der Waals surface area (Å²) in [5.74, 6) is -1.93. The minimum Gasteiger partial charge on any atom is -0.388 e. The minimum absolute atomic E-state index is 0.105. The van der Waals surface area contributed by atoms with Gasteiger partial charge < -0.3 is 5.11 Å². The highest BCUT2D eigenvalue weighted by molar-refractivity contribution is 5.29. The topological polar surface area (TPSA) is 20.2 Å². The fourth-order valence-electron chi connectivity index (χ4n) is 1.93. The molecule has 1 atom stereocenters. The Morgan fingerprint density at radius 1 is 1.11 bits per heavy atom. The predicted molar refractivity (Wildman–Crippen MR) is 66.2 cm³/mol. The third-order valence-corrected chi connectivity index (χ3v) is 3.01. The normalized spacial score (nSPS) is 12.5. The molecule has 1 nitrogen and oxygen atoms in total. The predicted octanol–water partition coefficient (Wildman–Crippen LogP) is 3.69. The van der Waals surface area contributed by atoms with Crippen LogP contribution in [0.1, 0.15) is 22.8 Å². The van der Waals surface area contributed by atoms with Gasteiger partial charge in [0.05, 0.1) is 6.10 Å². The van der Waals surface area contributed by atoms with Gasteiger partial charge in [-0.2, -0.15) is 0 Å². The van der Waals surface area contributed by atoms with E-state index in [0.29, 0.717) is 5.56 Å². The quantitative estimate of drug-likeness (QED) is 0.898. The molecular weight excluding hydrogens is 253 g/mol. The summed E-state index contributed by atoms with van der Waals surface area (Å²) in [6.45, 7) is 1.59. The van der Waals surface area contributed by atoms with Gasteiger partial charge in [0.15, 0.2) is 0 Å². The van der Waals surface area contributed by atoms with Crippen LogP contribution in [0.25, 0.3) is 0 Å². The summed E-state index contributed by atoms with van der Waals surface area (Å²) in [7, 11) is 0. The fraction of sp³-hybridized carbons (Fsp3) is 0.200. The van der Waals surface area contributed by atoms with Crippen LogP contribution in [-0.4, -0.2) is 5.11 Å². The van der Waals surface area contributed by atoms with Crippen molar-refractivity contribution < 1.29 is 18.3 Å². The first-order valence-electron chi connectivity index (χ1n) is 5.86. The van der Waals surface area contributed by atoms with E-state index in [1.807, 2.05) is 0 Å². The lowest BCUT2D eigenvalue weighted by molar-refractivity contribution is 0.172. The maximum Gasteiger partial charge on any atom is 0.131 e. The van der Waals surface area contributed by atoms with Crippen molar-refractivity contribution in [1.82, 2.24) is 0 Å². The summed E-state index contributed by atoms with van der Waals surface area (Å²) in [5, 5.41) is 9.97. The lowest BCUT2D eigenvalue weighted by atomic mass is 9.99. The first kappa shape index (κ1) is 13.6. The fourth-order valence-corrected chi connectivity index (χ4v) is 1.93. The van der Waals surface area contributed by atoms with Gasteiger partial charge >= 0.3 is 0 Å². The number of aryl methyl sites for hydroxylation is 1. The lowest BCUT2D eigenvalue weighted by Crippen LogP contribution is -2.07. The Morgan fingerprint density at radius 3 is 2.53 bits per heavy atom. The maximum atomic E-state index is 13.8. The molecule has 0 aromatic heterocycles. The zero-order valence-electron chi connectivity index (χ0n) is 10.3. The highest BCUT2D eigenvalue weighted by Crippen LogP contribution is 2.24. The molecule has 2 aromatic rings. The van der Waals surface area contributed by atoms with Crippen LogP contribution in [0.2, 0.25) is 0 Å². The Kier molecular flexibility index (Phi) is 3.90. The van der Waals surface area contributed by atoms with Crippen molar-refractivity contribution in [2.24, 2.45) is 0 Å². The molecule has 19 heavy (non-hydrogen) atoms. The minimum atomic E-state index is -1.17. The zero-order chi connectivity index (χ0) is 14.0. The van der Waals surface area contributed by atoms with Crippen LogP contribution in [0.5, 0.6) is 0 Å². The van der Waals surface area contributed by atoms with Gasteiger partial charge in [0.25, 0.3) is 0 Å². The van der Waals surface area contributed by atoms with E-state index in [0.717, 1.165) is 12.1 Å². The average molecular weight is 266 g/mol. The van der Waals surface area contributed by atoms with E-state index in [-0.39, 0.29) is 17.5 Å². The highest BCUT2D eigenvalue weighted by Gasteiger charge is 2.16. The molecule has 0 saturated carbocycles. The second kappa shape index (κ2) is 5.45. The second-order valence-electron chi connectivity index (χ2n) is 4.43. The molecule has 0 amide bonds. The van der Waals surface area contributed by atoms with Crippen LogP contribution in [0.4, 0.5) is 13.2 Å². The summed E-state index contributed by atoms with van der Waals surface area (Å²) in [6, 6.07) is 7.77.